The maximum atomic E-state index is 12.1. The van der Waals surface area contributed by atoms with E-state index in [0.29, 0.717) is 22.9 Å². The Morgan fingerprint density at radius 2 is 1.57 bits per heavy atom. The van der Waals surface area contributed by atoms with Crippen LogP contribution in [0.4, 0.5) is 17.3 Å². The maximum Gasteiger partial charge on any atom is 0.258 e. The van der Waals surface area contributed by atoms with Gasteiger partial charge in [0.1, 0.15) is 0 Å². The van der Waals surface area contributed by atoms with Gasteiger partial charge in [0.2, 0.25) is 11.9 Å². The predicted octanol–water partition coefficient (Wildman–Crippen LogP) is 2.51. The zero-order chi connectivity index (χ0) is 16.7. The van der Waals surface area contributed by atoms with Crippen LogP contribution in [0.25, 0.3) is 0 Å². The molecule has 0 radical (unpaired) electrons. The third-order valence-corrected chi connectivity index (χ3v) is 2.91. The van der Waals surface area contributed by atoms with Gasteiger partial charge in [-0.15, -0.1) is 0 Å². The SMILES string of the molecule is CCCNc1ncc(C(=O)Nc2ccc(NC(C)=O)cc2)cn1. The monoisotopic (exact) mass is 313 g/mol. The minimum absolute atomic E-state index is 0.143. The van der Waals surface area contributed by atoms with Crippen LogP contribution >= 0.6 is 0 Å². The van der Waals surface area contributed by atoms with Crippen LogP contribution in [-0.4, -0.2) is 28.3 Å². The highest BCUT2D eigenvalue weighted by Gasteiger charge is 2.08. The fraction of sp³-hybridized carbons (Fsp3) is 0.250. The Morgan fingerprint density at radius 3 is 2.09 bits per heavy atom. The third-order valence-electron chi connectivity index (χ3n) is 2.91. The largest absolute Gasteiger partial charge is 0.354 e. The fourth-order valence-electron chi connectivity index (χ4n) is 1.82. The van der Waals surface area contributed by atoms with Gasteiger partial charge in [-0.1, -0.05) is 6.92 Å². The van der Waals surface area contributed by atoms with E-state index in [1.54, 1.807) is 24.3 Å². The second kappa shape index (κ2) is 7.88. The molecule has 1 aromatic heterocycles. The molecule has 2 amide bonds. The highest BCUT2D eigenvalue weighted by molar-refractivity contribution is 6.04. The van der Waals surface area contributed by atoms with Crippen LogP contribution in [0, 0.1) is 0 Å². The summed E-state index contributed by atoms with van der Waals surface area (Å²) in [4.78, 5) is 31.3. The molecule has 0 saturated heterocycles. The number of hydrogen-bond acceptors (Lipinski definition) is 5. The maximum absolute atomic E-state index is 12.1. The molecule has 7 nitrogen and oxygen atoms in total. The number of benzene rings is 1. The molecular weight excluding hydrogens is 294 g/mol. The van der Waals surface area contributed by atoms with Crippen LogP contribution in [0.5, 0.6) is 0 Å². The smallest absolute Gasteiger partial charge is 0.258 e. The Hall–Kier alpha value is -2.96. The molecule has 0 bridgehead atoms. The molecule has 23 heavy (non-hydrogen) atoms. The van der Waals surface area contributed by atoms with Gasteiger partial charge in [-0.2, -0.15) is 0 Å². The molecule has 1 heterocycles. The van der Waals surface area contributed by atoms with Crippen molar-refractivity contribution in [2.75, 3.05) is 22.5 Å². The quantitative estimate of drug-likeness (QED) is 0.761. The number of carbonyl (C=O) groups excluding carboxylic acids is 2. The van der Waals surface area contributed by atoms with Crippen molar-refractivity contribution in [1.29, 1.82) is 0 Å². The van der Waals surface area contributed by atoms with Gasteiger partial charge in [0, 0.05) is 37.2 Å². The summed E-state index contributed by atoms with van der Waals surface area (Å²) >= 11 is 0. The normalized spacial score (nSPS) is 10.0. The summed E-state index contributed by atoms with van der Waals surface area (Å²) in [6.45, 7) is 4.27. The molecule has 0 aliphatic carbocycles. The lowest BCUT2D eigenvalue weighted by atomic mass is 10.2. The van der Waals surface area contributed by atoms with Crippen LogP contribution in [-0.2, 0) is 4.79 Å². The molecule has 0 atom stereocenters. The van der Waals surface area contributed by atoms with Gasteiger partial charge in [0.05, 0.1) is 5.56 Å². The molecule has 0 spiro atoms. The van der Waals surface area contributed by atoms with Gasteiger partial charge in [-0.25, -0.2) is 9.97 Å². The average Bonchev–Trinajstić information content (AvgIpc) is 2.54. The van der Waals surface area contributed by atoms with Crippen LogP contribution in [0.15, 0.2) is 36.7 Å². The molecule has 0 aliphatic heterocycles. The number of hydrogen-bond donors (Lipinski definition) is 3. The first-order chi connectivity index (χ1) is 11.1. The van der Waals surface area contributed by atoms with Crippen molar-refractivity contribution in [2.45, 2.75) is 20.3 Å². The lowest BCUT2D eigenvalue weighted by Gasteiger charge is -2.07. The number of nitrogens with zero attached hydrogens (tertiary/aromatic N) is 2. The number of nitrogens with one attached hydrogen (secondary N) is 3. The van der Waals surface area contributed by atoms with E-state index in [0.717, 1.165) is 13.0 Å². The van der Waals surface area contributed by atoms with Crippen molar-refractivity contribution in [3.05, 3.63) is 42.2 Å². The predicted molar refractivity (Wildman–Crippen MR) is 89.5 cm³/mol. The molecule has 2 rings (SSSR count). The minimum atomic E-state index is -0.292. The van der Waals surface area contributed by atoms with Crippen molar-refractivity contribution < 1.29 is 9.59 Å². The fourth-order valence-corrected chi connectivity index (χ4v) is 1.82. The topological polar surface area (TPSA) is 96.0 Å². The Balaban J connectivity index is 1.96. The zero-order valence-corrected chi connectivity index (χ0v) is 13.1. The second-order valence-corrected chi connectivity index (χ2v) is 4.93. The first-order valence-corrected chi connectivity index (χ1v) is 7.33. The van der Waals surface area contributed by atoms with Gasteiger partial charge in [0.25, 0.3) is 5.91 Å². The highest BCUT2D eigenvalue weighted by Crippen LogP contribution is 2.14. The Morgan fingerprint density at radius 1 is 1.00 bits per heavy atom. The van der Waals surface area contributed by atoms with E-state index >= 15 is 0 Å². The summed E-state index contributed by atoms with van der Waals surface area (Å²) < 4.78 is 0. The number of anilines is 3. The van der Waals surface area contributed by atoms with Gasteiger partial charge in [-0.05, 0) is 30.7 Å². The summed E-state index contributed by atoms with van der Waals surface area (Å²) in [5.41, 5.74) is 1.67. The van der Waals surface area contributed by atoms with Crippen LogP contribution in [0.2, 0.25) is 0 Å². The average molecular weight is 313 g/mol. The molecule has 0 fully saturated rings. The first kappa shape index (κ1) is 16.4. The van der Waals surface area contributed by atoms with Gasteiger partial charge in [0.15, 0.2) is 0 Å². The lowest BCUT2D eigenvalue weighted by Crippen LogP contribution is -2.13. The molecule has 7 heteroatoms. The van der Waals surface area contributed by atoms with E-state index in [-0.39, 0.29) is 11.8 Å². The zero-order valence-electron chi connectivity index (χ0n) is 13.1. The molecular formula is C16H19N5O2. The van der Waals surface area contributed by atoms with E-state index in [1.807, 2.05) is 6.92 Å². The van der Waals surface area contributed by atoms with Crippen molar-refractivity contribution in [3.8, 4) is 0 Å². The van der Waals surface area contributed by atoms with E-state index < -0.39 is 0 Å². The third kappa shape index (κ3) is 5.06. The minimum Gasteiger partial charge on any atom is -0.354 e. The number of amides is 2. The summed E-state index contributed by atoms with van der Waals surface area (Å²) in [5, 5.41) is 8.45. The Bertz CT molecular complexity index is 668. The molecule has 120 valence electrons. The van der Waals surface area contributed by atoms with Gasteiger partial charge < -0.3 is 16.0 Å². The molecule has 0 aliphatic rings. The number of aromatic nitrogens is 2. The molecule has 1 aromatic carbocycles. The van der Waals surface area contributed by atoms with Gasteiger partial charge in [-0.3, -0.25) is 9.59 Å². The summed E-state index contributed by atoms with van der Waals surface area (Å²) in [6, 6.07) is 6.85. The van der Waals surface area contributed by atoms with Gasteiger partial charge >= 0.3 is 0 Å². The molecule has 0 saturated carbocycles. The van der Waals surface area contributed by atoms with Crippen molar-refractivity contribution in [1.82, 2.24) is 9.97 Å². The van der Waals surface area contributed by atoms with E-state index in [2.05, 4.69) is 25.9 Å². The van der Waals surface area contributed by atoms with Crippen LogP contribution < -0.4 is 16.0 Å². The van der Waals surface area contributed by atoms with E-state index in [4.69, 9.17) is 0 Å². The van der Waals surface area contributed by atoms with Crippen molar-refractivity contribution >= 4 is 29.1 Å². The van der Waals surface area contributed by atoms with Crippen LogP contribution in [0.1, 0.15) is 30.6 Å². The summed E-state index contributed by atoms with van der Waals surface area (Å²) in [6.07, 6.45) is 3.93. The summed E-state index contributed by atoms with van der Waals surface area (Å²) in [5.74, 6) is 0.0677. The van der Waals surface area contributed by atoms with Crippen LogP contribution in [0.3, 0.4) is 0 Å². The second-order valence-electron chi connectivity index (χ2n) is 4.93. The number of carbonyl (C=O) groups is 2. The molecule has 2 aromatic rings. The summed E-state index contributed by atoms with van der Waals surface area (Å²) in [7, 11) is 0. The number of rotatable bonds is 6. The highest BCUT2D eigenvalue weighted by atomic mass is 16.2. The first-order valence-electron chi connectivity index (χ1n) is 7.33. The molecule has 0 unspecified atom stereocenters. The molecule has 3 N–H and O–H groups in total. The van der Waals surface area contributed by atoms with Crippen molar-refractivity contribution in [3.63, 3.8) is 0 Å². The Kier molecular flexibility index (Phi) is 5.62. The Labute approximate surface area is 134 Å². The standard InChI is InChI=1S/C16H19N5O2/c1-3-8-17-16-18-9-12(10-19-16)15(23)21-14-6-4-13(5-7-14)20-11(2)22/h4-7,9-10H,3,8H2,1-2H3,(H,20,22)(H,21,23)(H,17,18,19). The van der Waals surface area contributed by atoms with E-state index in [9.17, 15) is 9.59 Å². The van der Waals surface area contributed by atoms with E-state index in [1.165, 1.54) is 19.3 Å². The lowest BCUT2D eigenvalue weighted by molar-refractivity contribution is -0.114. The van der Waals surface area contributed by atoms with Crippen molar-refractivity contribution in [2.24, 2.45) is 0 Å².